The lowest BCUT2D eigenvalue weighted by atomic mass is 10.0. The molecule has 2 heterocycles. The lowest BCUT2D eigenvalue weighted by Crippen LogP contribution is -2.40. The number of nitrogens with one attached hydrogen (secondary N) is 1. The van der Waals surface area contributed by atoms with Crippen LogP contribution < -0.4 is 11.1 Å². The number of hydrogen-bond acceptors (Lipinski definition) is 3. The van der Waals surface area contributed by atoms with Gasteiger partial charge in [-0.15, -0.1) is 0 Å². The molecule has 3 aliphatic rings. The van der Waals surface area contributed by atoms with Gasteiger partial charge in [-0.05, 0) is 61.9 Å². The average Bonchev–Trinajstić information content (AvgIpc) is 3.07. The standard InChI is InChI=1S/C16H23N3/c17-12-4-5-13-11(10-12)3-6-14(13)18-15-7-9-19-8-1-2-16(15)19/h4-5,10,14-16,18H,1-3,6-9,17H2. The van der Waals surface area contributed by atoms with Crippen LogP contribution in [0.3, 0.4) is 0 Å². The molecule has 3 nitrogen and oxygen atoms in total. The van der Waals surface area contributed by atoms with E-state index in [9.17, 15) is 0 Å². The first-order chi connectivity index (χ1) is 9.31. The number of nitrogens with zero attached hydrogens (tertiary/aromatic N) is 1. The number of benzene rings is 1. The molecule has 3 N–H and O–H groups in total. The molecule has 2 fully saturated rings. The fraction of sp³-hybridized carbons (Fsp3) is 0.625. The lowest BCUT2D eigenvalue weighted by molar-refractivity contribution is 0.288. The van der Waals surface area contributed by atoms with Crippen molar-refractivity contribution in [2.75, 3.05) is 18.8 Å². The quantitative estimate of drug-likeness (QED) is 0.797. The molecule has 102 valence electrons. The molecule has 0 radical (unpaired) electrons. The van der Waals surface area contributed by atoms with Crippen molar-refractivity contribution in [3.05, 3.63) is 29.3 Å². The molecule has 2 aliphatic heterocycles. The number of aryl methyl sites for hydroxylation is 1. The Kier molecular flexibility index (Phi) is 2.78. The third kappa shape index (κ3) is 1.96. The number of rotatable bonds is 2. The van der Waals surface area contributed by atoms with Gasteiger partial charge in [-0.1, -0.05) is 6.07 Å². The summed E-state index contributed by atoms with van der Waals surface area (Å²) in [5.74, 6) is 0. The Hall–Kier alpha value is -1.06. The summed E-state index contributed by atoms with van der Waals surface area (Å²) in [5.41, 5.74) is 9.74. The van der Waals surface area contributed by atoms with Gasteiger partial charge in [0.2, 0.25) is 0 Å². The molecule has 3 atom stereocenters. The topological polar surface area (TPSA) is 41.3 Å². The van der Waals surface area contributed by atoms with Gasteiger partial charge in [-0.2, -0.15) is 0 Å². The summed E-state index contributed by atoms with van der Waals surface area (Å²) in [5, 5.41) is 3.94. The Morgan fingerprint density at radius 1 is 1.16 bits per heavy atom. The van der Waals surface area contributed by atoms with E-state index in [0.29, 0.717) is 12.1 Å². The molecule has 0 saturated carbocycles. The third-order valence-corrected chi connectivity index (χ3v) is 5.27. The molecule has 0 spiro atoms. The Bertz CT molecular complexity index is 485. The van der Waals surface area contributed by atoms with Crippen LogP contribution >= 0.6 is 0 Å². The van der Waals surface area contributed by atoms with Crippen LogP contribution in [0.4, 0.5) is 5.69 Å². The number of nitrogens with two attached hydrogens (primary N) is 1. The van der Waals surface area contributed by atoms with Gasteiger partial charge in [0, 0.05) is 30.4 Å². The normalized spacial score (nSPS) is 33.6. The zero-order valence-corrected chi connectivity index (χ0v) is 11.4. The van der Waals surface area contributed by atoms with E-state index in [2.05, 4.69) is 28.4 Å². The van der Waals surface area contributed by atoms with Crippen molar-refractivity contribution < 1.29 is 0 Å². The van der Waals surface area contributed by atoms with E-state index in [1.165, 1.54) is 56.3 Å². The van der Waals surface area contributed by atoms with E-state index in [0.717, 1.165) is 11.7 Å². The molecular formula is C16H23N3. The van der Waals surface area contributed by atoms with Crippen molar-refractivity contribution >= 4 is 5.69 Å². The van der Waals surface area contributed by atoms with Gasteiger partial charge in [-0.25, -0.2) is 0 Å². The van der Waals surface area contributed by atoms with E-state index in [4.69, 9.17) is 5.73 Å². The second-order valence-electron chi connectivity index (χ2n) is 6.36. The highest BCUT2D eigenvalue weighted by Gasteiger charge is 2.38. The summed E-state index contributed by atoms with van der Waals surface area (Å²) in [6.07, 6.45) is 6.52. The number of anilines is 1. The van der Waals surface area contributed by atoms with Crippen LogP contribution in [0.1, 0.15) is 42.9 Å². The molecule has 1 aliphatic carbocycles. The monoisotopic (exact) mass is 257 g/mol. The first-order valence-electron chi connectivity index (χ1n) is 7.70. The van der Waals surface area contributed by atoms with Crippen molar-refractivity contribution in [1.82, 2.24) is 10.2 Å². The lowest BCUT2D eigenvalue weighted by Gasteiger charge is -2.25. The summed E-state index contributed by atoms with van der Waals surface area (Å²) in [6.45, 7) is 2.62. The van der Waals surface area contributed by atoms with E-state index in [-0.39, 0.29) is 0 Å². The Morgan fingerprint density at radius 2 is 2.11 bits per heavy atom. The van der Waals surface area contributed by atoms with Crippen LogP contribution in [0.25, 0.3) is 0 Å². The SMILES string of the molecule is Nc1ccc2c(c1)CCC2NC1CCN2CCCC12. The summed E-state index contributed by atoms with van der Waals surface area (Å²) in [7, 11) is 0. The van der Waals surface area contributed by atoms with Crippen LogP contribution in [0.2, 0.25) is 0 Å². The highest BCUT2D eigenvalue weighted by Crippen LogP contribution is 2.35. The molecule has 1 aromatic rings. The van der Waals surface area contributed by atoms with Gasteiger partial charge in [0.15, 0.2) is 0 Å². The zero-order valence-electron chi connectivity index (χ0n) is 11.4. The largest absolute Gasteiger partial charge is 0.399 e. The predicted octanol–water partition coefficient (Wildman–Crippen LogP) is 2.08. The molecule has 1 aromatic carbocycles. The molecule has 19 heavy (non-hydrogen) atoms. The minimum atomic E-state index is 0.557. The Labute approximate surface area is 115 Å². The molecule has 3 heteroatoms. The molecule has 0 bridgehead atoms. The highest BCUT2D eigenvalue weighted by molar-refractivity contribution is 5.47. The summed E-state index contributed by atoms with van der Waals surface area (Å²) < 4.78 is 0. The molecule has 0 aromatic heterocycles. The fourth-order valence-electron chi connectivity index (χ4n) is 4.35. The molecule has 0 amide bonds. The molecular weight excluding hydrogens is 234 g/mol. The van der Waals surface area contributed by atoms with Gasteiger partial charge < -0.3 is 11.1 Å². The van der Waals surface area contributed by atoms with Crippen molar-refractivity contribution in [1.29, 1.82) is 0 Å². The van der Waals surface area contributed by atoms with Gasteiger partial charge in [0.1, 0.15) is 0 Å². The van der Waals surface area contributed by atoms with Crippen LogP contribution in [0, 0.1) is 0 Å². The van der Waals surface area contributed by atoms with Crippen LogP contribution in [-0.4, -0.2) is 30.1 Å². The maximum absolute atomic E-state index is 5.88. The summed E-state index contributed by atoms with van der Waals surface area (Å²) in [6, 6.07) is 8.51. The Morgan fingerprint density at radius 3 is 3.05 bits per heavy atom. The smallest absolute Gasteiger partial charge is 0.0329 e. The van der Waals surface area contributed by atoms with E-state index in [1.807, 2.05) is 0 Å². The summed E-state index contributed by atoms with van der Waals surface area (Å²) >= 11 is 0. The minimum Gasteiger partial charge on any atom is -0.399 e. The highest BCUT2D eigenvalue weighted by atomic mass is 15.2. The minimum absolute atomic E-state index is 0.557. The Balaban J connectivity index is 1.50. The molecule has 2 saturated heterocycles. The van der Waals surface area contributed by atoms with Gasteiger partial charge in [-0.3, -0.25) is 4.90 Å². The fourth-order valence-corrected chi connectivity index (χ4v) is 4.35. The van der Waals surface area contributed by atoms with Crippen LogP contribution in [-0.2, 0) is 6.42 Å². The maximum atomic E-state index is 5.88. The van der Waals surface area contributed by atoms with E-state index in [1.54, 1.807) is 0 Å². The first-order valence-corrected chi connectivity index (χ1v) is 7.70. The zero-order chi connectivity index (χ0) is 12.8. The van der Waals surface area contributed by atoms with E-state index < -0.39 is 0 Å². The third-order valence-electron chi connectivity index (χ3n) is 5.27. The molecule has 3 unspecified atom stereocenters. The van der Waals surface area contributed by atoms with Crippen LogP contribution in [0.15, 0.2) is 18.2 Å². The number of fused-ring (bicyclic) bond motifs is 2. The van der Waals surface area contributed by atoms with Gasteiger partial charge in [0.25, 0.3) is 0 Å². The van der Waals surface area contributed by atoms with Gasteiger partial charge in [0.05, 0.1) is 0 Å². The maximum Gasteiger partial charge on any atom is 0.0329 e. The van der Waals surface area contributed by atoms with Crippen molar-refractivity contribution in [2.24, 2.45) is 0 Å². The van der Waals surface area contributed by atoms with E-state index >= 15 is 0 Å². The second kappa shape index (κ2) is 4.50. The average molecular weight is 257 g/mol. The second-order valence-corrected chi connectivity index (χ2v) is 6.36. The molecule has 4 rings (SSSR count). The number of hydrogen-bond donors (Lipinski definition) is 2. The van der Waals surface area contributed by atoms with Gasteiger partial charge >= 0.3 is 0 Å². The number of nitrogen functional groups attached to an aromatic ring is 1. The summed E-state index contributed by atoms with van der Waals surface area (Å²) in [4.78, 5) is 2.68. The van der Waals surface area contributed by atoms with Crippen LogP contribution in [0.5, 0.6) is 0 Å². The van der Waals surface area contributed by atoms with Crippen molar-refractivity contribution in [3.8, 4) is 0 Å². The predicted molar refractivity (Wildman–Crippen MR) is 78.1 cm³/mol. The van der Waals surface area contributed by atoms with Crippen molar-refractivity contribution in [3.63, 3.8) is 0 Å². The van der Waals surface area contributed by atoms with Crippen molar-refractivity contribution in [2.45, 2.75) is 50.2 Å². The first kappa shape index (κ1) is 11.7.